The molecule has 3 heterocycles. The molecular formula is C21H29N5. The minimum absolute atomic E-state index is 0.833. The van der Waals surface area contributed by atoms with Crippen LogP contribution in [0, 0.1) is 12.8 Å². The summed E-state index contributed by atoms with van der Waals surface area (Å²) in [5, 5.41) is 0. The van der Waals surface area contributed by atoms with Crippen LogP contribution in [0.1, 0.15) is 25.5 Å². The van der Waals surface area contributed by atoms with Crippen LogP contribution in [0.5, 0.6) is 0 Å². The quantitative estimate of drug-likeness (QED) is 0.847. The Morgan fingerprint density at radius 2 is 1.46 bits per heavy atom. The first kappa shape index (κ1) is 17.1. The van der Waals surface area contributed by atoms with Crippen molar-refractivity contribution in [1.82, 2.24) is 9.97 Å². The fraction of sp³-hybridized carbons (Fsp3) is 0.524. The maximum absolute atomic E-state index is 4.93. The van der Waals surface area contributed by atoms with E-state index in [9.17, 15) is 0 Å². The molecule has 0 saturated carbocycles. The molecular weight excluding hydrogens is 322 g/mol. The second kappa shape index (κ2) is 7.52. The van der Waals surface area contributed by atoms with Gasteiger partial charge < -0.3 is 14.7 Å². The van der Waals surface area contributed by atoms with Crippen LogP contribution >= 0.6 is 0 Å². The number of nitrogens with zero attached hydrogens (tertiary/aromatic N) is 5. The zero-order valence-corrected chi connectivity index (χ0v) is 15.9. The molecule has 0 aliphatic carbocycles. The van der Waals surface area contributed by atoms with Gasteiger partial charge in [-0.25, -0.2) is 4.98 Å². The van der Waals surface area contributed by atoms with E-state index in [0.717, 1.165) is 62.6 Å². The van der Waals surface area contributed by atoms with E-state index in [-0.39, 0.29) is 0 Å². The van der Waals surface area contributed by atoms with E-state index in [2.05, 4.69) is 64.9 Å². The lowest BCUT2D eigenvalue weighted by Gasteiger charge is -2.37. The number of benzene rings is 1. The molecule has 0 N–H and O–H groups in total. The molecule has 5 heteroatoms. The number of para-hydroxylation sites is 1. The van der Waals surface area contributed by atoms with E-state index in [1.807, 2.05) is 0 Å². The topological polar surface area (TPSA) is 35.5 Å². The maximum Gasteiger partial charge on any atom is 0.227 e. The predicted molar refractivity (Wildman–Crippen MR) is 108 cm³/mol. The fourth-order valence-electron chi connectivity index (χ4n) is 3.88. The number of hydrogen-bond acceptors (Lipinski definition) is 5. The highest BCUT2D eigenvalue weighted by molar-refractivity contribution is 5.50. The van der Waals surface area contributed by atoms with Gasteiger partial charge >= 0.3 is 0 Å². The largest absolute Gasteiger partial charge is 0.368 e. The van der Waals surface area contributed by atoms with Gasteiger partial charge in [0.25, 0.3) is 0 Å². The van der Waals surface area contributed by atoms with Gasteiger partial charge in [0, 0.05) is 56.7 Å². The summed E-state index contributed by atoms with van der Waals surface area (Å²) < 4.78 is 0. The highest BCUT2D eigenvalue weighted by Crippen LogP contribution is 2.24. The molecule has 2 aliphatic rings. The summed E-state index contributed by atoms with van der Waals surface area (Å²) >= 11 is 0. The molecule has 0 unspecified atom stereocenters. The number of rotatable bonds is 3. The van der Waals surface area contributed by atoms with E-state index < -0.39 is 0 Å². The summed E-state index contributed by atoms with van der Waals surface area (Å²) in [4.78, 5) is 16.9. The molecule has 1 aromatic carbocycles. The number of piperidine rings is 1. The highest BCUT2D eigenvalue weighted by Gasteiger charge is 2.22. The van der Waals surface area contributed by atoms with Crippen LogP contribution in [0.25, 0.3) is 0 Å². The molecule has 138 valence electrons. The molecule has 0 radical (unpaired) electrons. The Labute approximate surface area is 156 Å². The van der Waals surface area contributed by atoms with Crippen LogP contribution in [0.4, 0.5) is 17.5 Å². The van der Waals surface area contributed by atoms with Crippen molar-refractivity contribution in [2.75, 3.05) is 54.0 Å². The van der Waals surface area contributed by atoms with Crippen molar-refractivity contribution in [1.29, 1.82) is 0 Å². The van der Waals surface area contributed by atoms with E-state index in [1.54, 1.807) is 0 Å². The van der Waals surface area contributed by atoms with Crippen molar-refractivity contribution in [2.24, 2.45) is 5.92 Å². The van der Waals surface area contributed by atoms with Gasteiger partial charge in [-0.2, -0.15) is 4.98 Å². The average molecular weight is 351 g/mol. The molecule has 26 heavy (non-hydrogen) atoms. The number of piperazine rings is 1. The van der Waals surface area contributed by atoms with Crippen molar-refractivity contribution >= 4 is 17.5 Å². The van der Waals surface area contributed by atoms with Crippen LogP contribution in [0.15, 0.2) is 36.4 Å². The molecule has 1 aromatic heterocycles. The van der Waals surface area contributed by atoms with Gasteiger partial charge in [0.05, 0.1) is 0 Å². The molecule has 2 fully saturated rings. The van der Waals surface area contributed by atoms with E-state index in [1.165, 1.54) is 18.5 Å². The minimum atomic E-state index is 0.833. The first-order valence-electron chi connectivity index (χ1n) is 9.84. The lowest BCUT2D eigenvalue weighted by atomic mass is 9.99. The van der Waals surface area contributed by atoms with Crippen LogP contribution in [-0.2, 0) is 0 Å². The Morgan fingerprint density at radius 1 is 0.808 bits per heavy atom. The number of hydrogen-bond donors (Lipinski definition) is 0. The zero-order chi connectivity index (χ0) is 17.9. The molecule has 4 rings (SSSR count). The van der Waals surface area contributed by atoms with Crippen molar-refractivity contribution < 1.29 is 0 Å². The number of aromatic nitrogens is 2. The third-order valence-electron chi connectivity index (χ3n) is 5.62. The number of aryl methyl sites for hydroxylation is 1. The fourth-order valence-corrected chi connectivity index (χ4v) is 3.88. The summed E-state index contributed by atoms with van der Waals surface area (Å²) in [6.07, 6.45) is 2.52. The van der Waals surface area contributed by atoms with Crippen LogP contribution in [-0.4, -0.2) is 49.2 Å². The third kappa shape index (κ3) is 3.76. The van der Waals surface area contributed by atoms with Gasteiger partial charge in [-0.05, 0) is 37.8 Å². The van der Waals surface area contributed by atoms with Crippen LogP contribution in [0.2, 0.25) is 0 Å². The Kier molecular flexibility index (Phi) is 4.96. The highest BCUT2D eigenvalue weighted by atomic mass is 15.3. The van der Waals surface area contributed by atoms with E-state index in [0.29, 0.717) is 0 Å². The van der Waals surface area contributed by atoms with Crippen molar-refractivity contribution in [2.45, 2.75) is 26.7 Å². The Hall–Kier alpha value is -2.30. The maximum atomic E-state index is 4.93. The van der Waals surface area contributed by atoms with E-state index >= 15 is 0 Å². The van der Waals surface area contributed by atoms with Gasteiger partial charge in [-0.15, -0.1) is 0 Å². The van der Waals surface area contributed by atoms with Gasteiger partial charge in [0.2, 0.25) is 5.95 Å². The monoisotopic (exact) mass is 351 g/mol. The molecule has 2 saturated heterocycles. The second-order valence-corrected chi connectivity index (χ2v) is 7.65. The summed E-state index contributed by atoms with van der Waals surface area (Å²) in [5.41, 5.74) is 2.37. The van der Waals surface area contributed by atoms with E-state index in [4.69, 9.17) is 9.97 Å². The first-order valence-corrected chi connectivity index (χ1v) is 9.84. The van der Waals surface area contributed by atoms with Crippen molar-refractivity contribution in [3.8, 4) is 0 Å². The standard InChI is InChI=1S/C21H29N5/c1-17-8-10-25(11-9-17)20-16-18(2)22-21(23-20)26-14-12-24(13-15-26)19-6-4-3-5-7-19/h3-7,16-17H,8-15H2,1-2H3. The molecule has 0 spiro atoms. The Bertz CT molecular complexity index is 716. The molecule has 0 bridgehead atoms. The number of anilines is 3. The summed E-state index contributed by atoms with van der Waals surface area (Å²) in [6, 6.07) is 12.8. The van der Waals surface area contributed by atoms with Crippen LogP contribution < -0.4 is 14.7 Å². The van der Waals surface area contributed by atoms with Gasteiger partial charge in [-0.1, -0.05) is 25.1 Å². The Morgan fingerprint density at radius 3 is 2.15 bits per heavy atom. The average Bonchev–Trinajstić information content (AvgIpc) is 2.69. The third-order valence-corrected chi connectivity index (χ3v) is 5.62. The second-order valence-electron chi connectivity index (χ2n) is 7.65. The molecule has 0 amide bonds. The normalized spacial score (nSPS) is 19.1. The molecule has 2 aliphatic heterocycles. The molecule has 2 aromatic rings. The van der Waals surface area contributed by atoms with Gasteiger partial charge in [-0.3, -0.25) is 0 Å². The predicted octanol–water partition coefficient (Wildman–Crippen LogP) is 3.35. The SMILES string of the molecule is Cc1cc(N2CCC(C)CC2)nc(N2CCN(c3ccccc3)CC2)n1. The van der Waals surface area contributed by atoms with Gasteiger partial charge in [0.1, 0.15) is 5.82 Å². The lowest BCUT2D eigenvalue weighted by Crippen LogP contribution is -2.47. The van der Waals surface area contributed by atoms with Crippen molar-refractivity contribution in [3.63, 3.8) is 0 Å². The molecule has 0 atom stereocenters. The first-order chi connectivity index (χ1) is 12.7. The Balaban J connectivity index is 1.45. The summed E-state index contributed by atoms with van der Waals surface area (Å²) in [6.45, 7) is 10.6. The lowest BCUT2D eigenvalue weighted by molar-refractivity contribution is 0.436. The zero-order valence-electron chi connectivity index (χ0n) is 15.9. The molecule has 5 nitrogen and oxygen atoms in total. The summed E-state index contributed by atoms with van der Waals surface area (Å²) in [5.74, 6) is 2.83. The smallest absolute Gasteiger partial charge is 0.227 e. The summed E-state index contributed by atoms with van der Waals surface area (Å²) in [7, 11) is 0. The minimum Gasteiger partial charge on any atom is -0.368 e. The van der Waals surface area contributed by atoms with Crippen LogP contribution in [0.3, 0.4) is 0 Å². The van der Waals surface area contributed by atoms with Gasteiger partial charge in [0.15, 0.2) is 0 Å². The van der Waals surface area contributed by atoms with Crippen molar-refractivity contribution in [3.05, 3.63) is 42.1 Å².